The molecule has 0 aliphatic carbocycles. The van der Waals surface area contributed by atoms with E-state index in [0.29, 0.717) is 19.1 Å². The molecule has 4 heteroatoms. The molecule has 0 radical (unpaired) electrons. The Morgan fingerprint density at radius 3 is 2.91 bits per heavy atom. The van der Waals surface area contributed by atoms with Crippen LogP contribution in [0.3, 0.4) is 0 Å². The van der Waals surface area contributed by atoms with E-state index < -0.39 is 6.10 Å². The van der Waals surface area contributed by atoms with E-state index in [4.69, 9.17) is 9.47 Å². The normalized spacial score (nSPS) is 20.8. The van der Waals surface area contributed by atoms with Crippen molar-refractivity contribution in [3.63, 3.8) is 0 Å². The topological polar surface area (TPSA) is 41.9 Å². The second-order valence-electron chi connectivity index (χ2n) is 6.46. The van der Waals surface area contributed by atoms with E-state index in [-0.39, 0.29) is 0 Å². The molecule has 22 heavy (non-hydrogen) atoms. The van der Waals surface area contributed by atoms with Crippen LogP contribution in [0.15, 0.2) is 18.2 Å². The van der Waals surface area contributed by atoms with Gasteiger partial charge in [-0.3, -0.25) is 0 Å². The van der Waals surface area contributed by atoms with Gasteiger partial charge in [-0.1, -0.05) is 17.7 Å². The quantitative estimate of drug-likeness (QED) is 0.840. The molecule has 1 heterocycles. The van der Waals surface area contributed by atoms with Gasteiger partial charge in [0, 0.05) is 20.2 Å². The van der Waals surface area contributed by atoms with Crippen molar-refractivity contribution in [3.8, 4) is 5.75 Å². The molecule has 0 amide bonds. The monoisotopic (exact) mass is 307 g/mol. The molecule has 1 aromatic carbocycles. The third-order valence-electron chi connectivity index (χ3n) is 4.24. The third kappa shape index (κ3) is 5.27. The van der Waals surface area contributed by atoms with Crippen LogP contribution in [0.25, 0.3) is 0 Å². The predicted molar refractivity (Wildman–Crippen MR) is 88.5 cm³/mol. The molecular formula is C18H29NO3. The highest BCUT2D eigenvalue weighted by Crippen LogP contribution is 2.20. The molecule has 2 unspecified atom stereocenters. The molecular weight excluding hydrogens is 278 g/mol. The molecule has 4 nitrogen and oxygen atoms in total. The average Bonchev–Trinajstić information content (AvgIpc) is 2.47. The Bertz CT molecular complexity index is 462. The Labute approximate surface area is 134 Å². The van der Waals surface area contributed by atoms with Crippen LogP contribution in [0.1, 0.15) is 24.0 Å². The minimum atomic E-state index is -0.456. The van der Waals surface area contributed by atoms with Crippen LogP contribution in [0, 0.1) is 19.8 Å². The first-order valence-corrected chi connectivity index (χ1v) is 8.18. The number of nitrogens with zero attached hydrogens (tertiary/aromatic N) is 1. The largest absolute Gasteiger partial charge is 0.491 e. The number of aliphatic hydroxyl groups excluding tert-OH is 1. The van der Waals surface area contributed by atoms with E-state index in [9.17, 15) is 5.11 Å². The summed E-state index contributed by atoms with van der Waals surface area (Å²) in [6.07, 6.45) is 1.94. The van der Waals surface area contributed by atoms with Gasteiger partial charge in [0.25, 0.3) is 0 Å². The van der Waals surface area contributed by atoms with Crippen LogP contribution < -0.4 is 4.74 Å². The van der Waals surface area contributed by atoms with Crippen molar-refractivity contribution < 1.29 is 14.6 Å². The van der Waals surface area contributed by atoms with Crippen molar-refractivity contribution in [2.45, 2.75) is 32.8 Å². The van der Waals surface area contributed by atoms with Gasteiger partial charge in [0.2, 0.25) is 0 Å². The lowest BCUT2D eigenvalue weighted by Crippen LogP contribution is -2.42. The predicted octanol–water partition coefficient (Wildman–Crippen LogP) is 2.40. The molecule has 1 N–H and O–H groups in total. The highest BCUT2D eigenvalue weighted by molar-refractivity contribution is 5.35. The highest BCUT2D eigenvalue weighted by Gasteiger charge is 2.21. The summed E-state index contributed by atoms with van der Waals surface area (Å²) in [6.45, 7) is 7.99. The Balaban J connectivity index is 1.76. The summed E-state index contributed by atoms with van der Waals surface area (Å²) in [7, 11) is 1.76. The maximum Gasteiger partial charge on any atom is 0.122 e. The van der Waals surface area contributed by atoms with Crippen molar-refractivity contribution >= 4 is 0 Å². The van der Waals surface area contributed by atoms with Crippen LogP contribution in [0.4, 0.5) is 0 Å². The molecule has 1 aromatic rings. The summed E-state index contributed by atoms with van der Waals surface area (Å²) in [5.41, 5.74) is 2.34. The molecule has 2 rings (SSSR count). The second kappa shape index (κ2) is 8.51. The van der Waals surface area contributed by atoms with E-state index in [1.165, 1.54) is 18.4 Å². The van der Waals surface area contributed by atoms with Crippen LogP contribution in [0.5, 0.6) is 5.75 Å². The minimum Gasteiger partial charge on any atom is -0.491 e. The fraction of sp³-hybridized carbons (Fsp3) is 0.667. The lowest BCUT2D eigenvalue weighted by molar-refractivity contribution is 0.0370. The second-order valence-corrected chi connectivity index (χ2v) is 6.46. The van der Waals surface area contributed by atoms with Gasteiger partial charge in [-0.2, -0.15) is 0 Å². The summed E-state index contributed by atoms with van der Waals surface area (Å²) in [5, 5.41) is 10.2. The number of ether oxygens (including phenoxy) is 2. The SMILES string of the molecule is COCC1CCCN(CC(O)COc2ccc(C)cc2C)C1. The standard InChI is InChI=1S/C18H29NO3/c1-14-6-7-18(15(2)9-14)22-13-17(20)11-19-8-4-5-16(10-19)12-21-3/h6-7,9,16-17,20H,4-5,8,10-13H2,1-3H3. The zero-order valence-electron chi connectivity index (χ0n) is 14.0. The van der Waals surface area contributed by atoms with E-state index in [0.717, 1.165) is 31.0 Å². The molecule has 124 valence electrons. The Kier molecular flexibility index (Phi) is 6.68. The lowest BCUT2D eigenvalue weighted by Gasteiger charge is -2.33. The molecule has 0 aromatic heterocycles. The Hall–Kier alpha value is -1.10. The van der Waals surface area contributed by atoms with E-state index in [1.807, 2.05) is 19.1 Å². The molecule has 1 aliphatic rings. The Morgan fingerprint density at radius 1 is 1.36 bits per heavy atom. The third-order valence-corrected chi connectivity index (χ3v) is 4.24. The summed E-state index contributed by atoms with van der Waals surface area (Å²) in [4.78, 5) is 2.32. The number of aliphatic hydroxyl groups is 1. The summed E-state index contributed by atoms with van der Waals surface area (Å²) in [5.74, 6) is 1.45. The van der Waals surface area contributed by atoms with Gasteiger partial charge in [0.1, 0.15) is 18.5 Å². The molecule has 0 spiro atoms. The number of likely N-dealkylation sites (tertiary alicyclic amines) is 1. The molecule has 1 aliphatic heterocycles. The number of rotatable bonds is 7. The smallest absolute Gasteiger partial charge is 0.122 e. The van der Waals surface area contributed by atoms with Crippen molar-refractivity contribution in [2.24, 2.45) is 5.92 Å². The summed E-state index contributed by atoms with van der Waals surface area (Å²) < 4.78 is 11.0. The van der Waals surface area contributed by atoms with Crippen LogP contribution >= 0.6 is 0 Å². The molecule has 1 fully saturated rings. The van der Waals surface area contributed by atoms with Gasteiger partial charge in [-0.05, 0) is 50.8 Å². The lowest BCUT2D eigenvalue weighted by atomic mass is 9.99. The van der Waals surface area contributed by atoms with Crippen molar-refractivity contribution in [1.29, 1.82) is 0 Å². The van der Waals surface area contributed by atoms with Crippen LogP contribution in [-0.4, -0.2) is 56.1 Å². The van der Waals surface area contributed by atoms with Gasteiger partial charge in [0.05, 0.1) is 6.61 Å². The number of methoxy groups -OCH3 is 1. The minimum absolute atomic E-state index is 0.343. The number of benzene rings is 1. The maximum absolute atomic E-state index is 10.2. The number of hydrogen-bond acceptors (Lipinski definition) is 4. The van der Waals surface area contributed by atoms with E-state index in [2.05, 4.69) is 17.9 Å². The Morgan fingerprint density at radius 2 is 2.18 bits per heavy atom. The zero-order chi connectivity index (χ0) is 15.9. The van der Waals surface area contributed by atoms with Crippen LogP contribution in [0.2, 0.25) is 0 Å². The van der Waals surface area contributed by atoms with Gasteiger partial charge in [0.15, 0.2) is 0 Å². The van der Waals surface area contributed by atoms with Gasteiger partial charge in [-0.25, -0.2) is 0 Å². The zero-order valence-corrected chi connectivity index (χ0v) is 14.0. The molecule has 0 saturated carbocycles. The number of hydrogen-bond donors (Lipinski definition) is 1. The molecule has 2 atom stereocenters. The highest BCUT2D eigenvalue weighted by atomic mass is 16.5. The fourth-order valence-corrected chi connectivity index (χ4v) is 3.19. The van der Waals surface area contributed by atoms with E-state index >= 15 is 0 Å². The average molecular weight is 307 g/mol. The first-order valence-electron chi connectivity index (χ1n) is 8.18. The maximum atomic E-state index is 10.2. The summed E-state index contributed by atoms with van der Waals surface area (Å²) in [6, 6.07) is 6.11. The van der Waals surface area contributed by atoms with Gasteiger partial charge < -0.3 is 19.5 Å². The number of aryl methyl sites for hydroxylation is 2. The number of β-amino-alcohol motifs (C(OH)–C–C–N with tert-alkyl or cyclic N) is 1. The summed E-state index contributed by atoms with van der Waals surface area (Å²) >= 11 is 0. The molecule has 1 saturated heterocycles. The van der Waals surface area contributed by atoms with Gasteiger partial charge >= 0.3 is 0 Å². The van der Waals surface area contributed by atoms with Crippen molar-refractivity contribution in [3.05, 3.63) is 29.3 Å². The van der Waals surface area contributed by atoms with Crippen molar-refractivity contribution in [1.82, 2.24) is 4.90 Å². The number of piperidine rings is 1. The molecule has 0 bridgehead atoms. The first-order chi connectivity index (χ1) is 10.6. The van der Waals surface area contributed by atoms with Crippen molar-refractivity contribution in [2.75, 3.05) is 40.0 Å². The van der Waals surface area contributed by atoms with E-state index in [1.54, 1.807) is 7.11 Å². The van der Waals surface area contributed by atoms with Gasteiger partial charge in [-0.15, -0.1) is 0 Å². The first kappa shape index (κ1) is 17.3. The fourth-order valence-electron chi connectivity index (χ4n) is 3.19. The van der Waals surface area contributed by atoms with Crippen LogP contribution in [-0.2, 0) is 4.74 Å².